The quantitative estimate of drug-likeness (QED) is 0.586. The van der Waals surface area contributed by atoms with Crippen LogP contribution in [0.25, 0.3) is 0 Å². The van der Waals surface area contributed by atoms with Crippen LogP contribution in [0.4, 0.5) is 10.1 Å². The Labute approximate surface area is 118 Å². The molecule has 4 N–H and O–H groups in total. The second-order valence-corrected chi connectivity index (χ2v) is 6.51. The van der Waals surface area contributed by atoms with Crippen LogP contribution in [-0.2, 0) is 0 Å². The minimum absolute atomic E-state index is 0.0271. The van der Waals surface area contributed by atoms with Gasteiger partial charge in [-0.2, -0.15) is 0 Å². The van der Waals surface area contributed by atoms with Crippen LogP contribution in [0.2, 0.25) is 0 Å². The van der Waals surface area contributed by atoms with Gasteiger partial charge in [-0.05, 0) is 28.9 Å². The minimum Gasteiger partial charge on any atom is -0.352 e. The fourth-order valence-electron chi connectivity index (χ4n) is 2.99. The Kier molecular flexibility index (Phi) is 3.50. The SMILES string of the molecule is CC1(C)C(CNC(=O)c2cccc(F)c2NN)C1(C)C. The van der Waals surface area contributed by atoms with Gasteiger partial charge < -0.3 is 10.7 Å². The van der Waals surface area contributed by atoms with E-state index < -0.39 is 5.82 Å². The number of rotatable bonds is 4. The number of nitrogens with one attached hydrogen (secondary N) is 2. The first-order valence-electron chi connectivity index (χ1n) is 6.76. The Balaban J connectivity index is 2.06. The van der Waals surface area contributed by atoms with Crippen LogP contribution in [-0.4, -0.2) is 12.5 Å². The Morgan fingerprint density at radius 2 is 1.90 bits per heavy atom. The van der Waals surface area contributed by atoms with Crippen molar-refractivity contribution in [2.45, 2.75) is 27.7 Å². The lowest BCUT2D eigenvalue weighted by atomic mass is 10.0. The van der Waals surface area contributed by atoms with Crippen LogP contribution in [0.1, 0.15) is 38.1 Å². The van der Waals surface area contributed by atoms with E-state index in [1.165, 1.54) is 12.1 Å². The highest BCUT2D eigenvalue weighted by molar-refractivity contribution is 5.99. The molecule has 2 rings (SSSR count). The Hall–Kier alpha value is -1.62. The minimum atomic E-state index is -0.535. The lowest BCUT2D eigenvalue weighted by Gasteiger charge is -2.11. The molecule has 5 heteroatoms. The van der Waals surface area contributed by atoms with Crippen molar-refractivity contribution >= 4 is 11.6 Å². The van der Waals surface area contributed by atoms with Gasteiger partial charge in [-0.1, -0.05) is 33.8 Å². The molecule has 1 aliphatic rings. The van der Waals surface area contributed by atoms with Gasteiger partial charge in [0.1, 0.15) is 5.82 Å². The van der Waals surface area contributed by atoms with E-state index >= 15 is 0 Å². The molecule has 0 spiro atoms. The van der Waals surface area contributed by atoms with Gasteiger partial charge in [0.15, 0.2) is 0 Å². The second kappa shape index (κ2) is 4.74. The molecule has 1 saturated carbocycles. The third-order valence-electron chi connectivity index (χ3n) is 5.19. The highest BCUT2D eigenvalue weighted by atomic mass is 19.1. The average molecular weight is 279 g/mol. The zero-order valence-corrected chi connectivity index (χ0v) is 12.4. The maximum absolute atomic E-state index is 13.5. The highest BCUT2D eigenvalue weighted by Gasteiger charge is 2.64. The Bertz CT molecular complexity index is 526. The fraction of sp³-hybridized carbons (Fsp3) is 0.533. The number of hydrogen-bond donors (Lipinski definition) is 3. The maximum Gasteiger partial charge on any atom is 0.253 e. The summed E-state index contributed by atoms with van der Waals surface area (Å²) in [6, 6.07) is 4.31. The molecule has 20 heavy (non-hydrogen) atoms. The first kappa shape index (κ1) is 14.8. The summed E-state index contributed by atoms with van der Waals surface area (Å²) in [7, 11) is 0. The molecule has 0 unspecified atom stereocenters. The molecule has 0 aliphatic heterocycles. The molecule has 1 amide bonds. The number of amides is 1. The van der Waals surface area contributed by atoms with Crippen molar-refractivity contribution < 1.29 is 9.18 Å². The molecule has 110 valence electrons. The van der Waals surface area contributed by atoms with Crippen molar-refractivity contribution in [1.82, 2.24) is 5.32 Å². The zero-order chi connectivity index (χ0) is 15.1. The molecular weight excluding hydrogens is 257 g/mol. The molecule has 1 aromatic rings. The molecule has 4 nitrogen and oxygen atoms in total. The Morgan fingerprint density at radius 1 is 1.30 bits per heavy atom. The summed E-state index contributed by atoms with van der Waals surface area (Å²) < 4.78 is 13.5. The number of halogens is 1. The lowest BCUT2D eigenvalue weighted by Crippen LogP contribution is -2.28. The van der Waals surface area contributed by atoms with Gasteiger partial charge in [-0.3, -0.25) is 10.6 Å². The summed E-state index contributed by atoms with van der Waals surface area (Å²) in [5.74, 6) is 4.85. The van der Waals surface area contributed by atoms with Crippen molar-refractivity contribution in [3.05, 3.63) is 29.6 Å². The monoisotopic (exact) mass is 279 g/mol. The normalized spacial score (nSPS) is 19.5. The van der Waals surface area contributed by atoms with E-state index in [2.05, 4.69) is 38.4 Å². The molecule has 0 saturated heterocycles. The summed E-state index contributed by atoms with van der Waals surface area (Å²) in [5.41, 5.74) is 2.91. The summed E-state index contributed by atoms with van der Waals surface area (Å²) in [5, 5.41) is 2.87. The predicted octanol–water partition coefficient (Wildman–Crippen LogP) is 2.52. The number of para-hydroxylation sites is 1. The van der Waals surface area contributed by atoms with Crippen molar-refractivity contribution in [1.29, 1.82) is 0 Å². The van der Waals surface area contributed by atoms with Crippen LogP contribution in [0.5, 0.6) is 0 Å². The van der Waals surface area contributed by atoms with Crippen molar-refractivity contribution in [3.63, 3.8) is 0 Å². The van der Waals surface area contributed by atoms with E-state index in [1.54, 1.807) is 6.07 Å². The summed E-state index contributed by atoms with van der Waals surface area (Å²) in [6.07, 6.45) is 0. The largest absolute Gasteiger partial charge is 0.352 e. The van der Waals surface area contributed by atoms with Gasteiger partial charge in [0.2, 0.25) is 0 Å². The summed E-state index contributed by atoms with van der Waals surface area (Å²) in [6.45, 7) is 9.36. The van der Waals surface area contributed by atoms with E-state index in [0.717, 1.165) is 0 Å². The smallest absolute Gasteiger partial charge is 0.253 e. The fourth-order valence-corrected chi connectivity index (χ4v) is 2.99. The molecule has 1 aliphatic carbocycles. The third kappa shape index (κ3) is 2.16. The topological polar surface area (TPSA) is 67.2 Å². The second-order valence-electron chi connectivity index (χ2n) is 6.51. The number of nitrogens with two attached hydrogens (primary N) is 1. The molecule has 0 heterocycles. The van der Waals surface area contributed by atoms with Crippen molar-refractivity contribution in [2.24, 2.45) is 22.6 Å². The molecule has 1 fully saturated rings. The number of nitrogen functional groups attached to an aromatic ring is 1. The van der Waals surface area contributed by atoms with E-state index in [9.17, 15) is 9.18 Å². The lowest BCUT2D eigenvalue weighted by molar-refractivity contribution is 0.0950. The van der Waals surface area contributed by atoms with E-state index in [1.807, 2.05) is 0 Å². The number of carbonyl (C=O) groups excluding carboxylic acids is 1. The first-order chi connectivity index (χ1) is 9.23. The van der Waals surface area contributed by atoms with Gasteiger partial charge in [-0.15, -0.1) is 0 Å². The van der Waals surface area contributed by atoms with Gasteiger partial charge >= 0.3 is 0 Å². The molecule has 0 aromatic heterocycles. The maximum atomic E-state index is 13.5. The van der Waals surface area contributed by atoms with Gasteiger partial charge in [0.25, 0.3) is 5.91 Å². The van der Waals surface area contributed by atoms with Gasteiger partial charge in [-0.25, -0.2) is 4.39 Å². The van der Waals surface area contributed by atoms with Crippen molar-refractivity contribution in [2.75, 3.05) is 12.0 Å². The zero-order valence-electron chi connectivity index (χ0n) is 12.4. The number of benzene rings is 1. The van der Waals surface area contributed by atoms with Gasteiger partial charge in [0, 0.05) is 6.54 Å². The third-order valence-corrected chi connectivity index (χ3v) is 5.19. The van der Waals surface area contributed by atoms with Crippen molar-refractivity contribution in [3.8, 4) is 0 Å². The van der Waals surface area contributed by atoms with Crippen LogP contribution >= 0.6 is 0 Å². The summed E-state index contributed by atoms with van der Waals surface area (Å²) in [4.78, 5) is 12.2. The summed E-state index contributed by atoms with van der Waals surface area (Å²) >= 11 is 0. The van der Waals surface area contributed by atoms with Crippen LogP contribution in [0.3, 0.4) is 0 Å². The average Bonchev–Trinajstić information content (AvgIpc) is 2.76. The number of hydrazine groups is 1. The Morgan fingerprint density at radius 3 is 2.40 bits per heavy atom. The van der Waals surface area contributed by atoms with Gasteiger partial charge in [0.05, 0.1) is 11.3 Å². The van der Waals surface area contributed by atoms with E-state index in [0.29, 0.717) is 12.5 Å². The molecular formula is C15H22FN3O. The predicted molar refractivity (Wildman–Crippen MR) is 77.6 cm³/mol. The van der Waals surface area contributed by atoms with E-state index in [4.69, 9.17) is 5.84 Å². The molecule has 0 bridgehead atoms. The highest BCUT2D eigenvalue weighted by Crippen LogP contribution is 2.67. The molecule has 0 atom stereocenters. The van der Waals surface area contributed by atoms with E-state index in [-0.39, 0.29) is 28.0 Å². The molecule has 1 aromatic carbocycles. The molecule has 0 radical (unpaired) electrons. The standard InChI is InChI=1S/C15H22FN3O/c1-14(2)11(15(14,3)4)8-18-13(20)9-6-5-7-10(16)12(9)19-17/h5-7,11,19H,8,17H2,1-4H3,(H,18,20). The van der Waals surface area contributed by atoms with Crippen LogP contribution < -0.4 is 16.6 Å². The number of carbonyl (C=O) groups is 1. The van der Waals surface area contributed by atoms with Crippen LogP contribution in [0, 0.1) is 22.6 Å². The number of anilines is 1. The first-order valence-corrected chi connectivity index (χ1v) is 6.76. The number of hydrogen-bond acceptors (Lipinski definition) is 3. The van der Waals surface area contributed by atoms with Crippen LogP contribution in [0.15, 0.2) is 18.2 Å².